The van der Waals surface area contributed by atoms with Crippen LogP contribution in [-0.2, 0) is 0 Å². The number of nitrogens with zero attached hydrogens (tertiary/aromatic N) is 3. The van der Waals surface area contributed by atoms with Crippen LogP contribution in [0.3, 0.4) is 0 Å². The molecule has 1 heterocycles. The lowest BCUT2D eigenvalue weighted by Crippen LogP contribution is -2.24. The summed E-state index contributed by atoms with van der Waals surface area (Å²) in [5.41, 5.74) is 3.59. The first-order valence-corrected chi connectivity index (χ1v) is 6.51. The Morgan fingerprint density at radius 3 is 2.62 bits per heavy atom. The number of nitrogens with one attached hydrogen (secondary N) is 1. The predicted molar refractivity (Wildman–Crippen MR) is 71.0 cm³/mol. The third kappa shape index (κ3) is 2.99. The number of rotatable bonds is 5. The van der Waals surface area contributed by atoms with Crippen molar-refractivity contribution in [1.82, 2.24) is 9.97 Å². The maximum atomic E-state index is 5.43. The first-order valence-electron chi connectivity index (χ1n) is 5.12. The van der Waals surface area contributed by atoms with Crippen molar-refractivity contribution in [1.29, 1.82) is 0 Å². The molecular weight excluding hydrogens is 222 g/mol. The van der Waals surface area contributed by atoms with Gasteiger partial charge in [0, 0.05) is 24.9 Å². The highest BCUT2D eigenvalue weighted by molar-refractivity contribution is 7.98. The summed E-state index contributed by atoms with van der Waals surface area (Å²) in [6.07, 6.45) is 2.10. The Labute approximate surface area is 101 Å². The molecular formula is C10H19N5S. The van der Waals surface area contributed by atoms with E-state index in [1.165, 1.54) is 0 Å². The van der Waals surface area contributed by atoms with Gasteiger partial charge in [-0.3, -0.25) is 0 Å². The number of aromatic nitrogens is 2. The van der Waals surface area contributed by atoms with Crippen LogP contribution in [0.4, 0.5) is 11.6 Å². The molecule has 1 rings (SSSR count). The number of hydrogen-bond donors (Lipinski definition) is 2. The van der Waals surface area contributed by atoms with Gasteiger partial charge in [-0.25, -0.2) is 15.8 Å². The van der Waals surface area contributed by atoms with Crippen LogP contribution in [0.1, 0.15) is 11.4 Å². The molecule has 0 fully saturated rings. The Kier molecular flexibility index (Phi) is 4.82. The number of hydrogen-bond acceptors (Lipinski definition) is 6. The molecule has 0 unspecified atom stereocenters. The van der Waals surface area contributed by atoms with Gasteiger partial charge in [0.1, 0.15) is 17.5 Å². The maximum Gasteiger partial charge on any atom is 0.148 e. The van der Waals surface area contributed by atoms with Crippen molar-refractivity contribution < 1.29 is 0 Å². The van der Waals surface area contributed by atoms with Gasteiger partial charge in [0.05, 0.1) is 0 Å². The molecule has 0 aliphatic heterocycles. The summed E-state index contributed by atoms with van der Waals surface area (Å²) < 4.78 is 0. The van der Waals surface area contributed by atoms with Gasteiger partial charge >= 0.3 is 0 Å². The van der Waals surface area contributed by atoms with Crippen LogP contribution >= 0.6 is 11.8 Å². The minimum absolute atomic E-state index is 0.693. The molecule has 6 heteroatoms. The van der Waals surface area contributed by atoms with E-state index >= 15 is 0 Å². The van der Waals surface area contributed by atoms with Gasteiger partial charge < -0.3 is 10.3 Å². The molecule has 0 amide bonds. The third-order valence-corrected chi connectivity index (χ3v) is 2.95. The second-order valence-corrected chi connectivity index (χ2v) is 4.61. The van der Waals surface area contributed by atoms with Crippen molar-refractivity contribution in [2.45, 2.75) is 13.8 Å². The molecule has 16 heavy (non-hydrogen) atoms. The van der Waals surface area contributed by atoms with Gasteiger partial charge in [0.2, 0.25) is 0 Å². The van der Waals surface area contributed by atoms with E-state index < -0.39 is 0 Å². The van der Waals surface area contributed by atoms with Gasteiger partial charge in [-0.05, 0) is 20.1 Å². The van der Waals surface area contributed by atoms with Crippen LogP contribution in [0.2, 0.25) is 0 Å². The zero-order valence-corrected chi connectivity index (χ0v) is 11.1. The summed E-state index contributed by atoms with van der Waals surface area (Å²) in [7, 11) is 2.03. The number of hydrazine groups is 1. The molecule has 0 spiro atoms. The quantitative estimate of drug-likeness (QED) is 0.596. The summed E-state index contributed by atoms with van der Waals surface area (Å²) in [5, 5.41) is 0. The van der Waals surface area contributed by atoms with Crippen molar-refractivity contribution >= 4 is 23.4 Å². The molecule has 5 nitrogen and oxygen atoms in total. The predicted octanol–water partition coefficient (Wildman–Crippen LogP) is 1.18. The van der Waals surface area contributed by atoms with Crippen molar-refractivity contribution in [3.8, 4) is 0 Å². The van der Waals surface area contributed by atoms with E-state index in [2.05, 4.69) is 26.5 Å². The van der Waals surface area contributed by atoms with Gasteiger partial charge in [-0.15, -0.1) is 0 Å². The summed E-state index contributed by atoms with van der Waals surface area (Å²) in [6, 6.07) is 0. The molecule has 0 saturated heterocycles. The standard InChI is InChI=1S/C10H19N5S/c1-7-9(14-11)12-8(2)13-10(7)15(3)5-6-16-4/h5-6,11H2,1-4H3,(H,12,13,14). The van der Waals surface area contributed by atoms with E-state index in [1.54, 1.807) is 0 Å². The SMILES string of the molecule is CSCCN(C)c1nc(C)nc(NN)c1C. The van der Waals surface area contributed by atoms with Crippen LogP contribution in [0.15, 0.2) is 0 Å². The molecule has 0 aliphatic rings. The molecule has 1 aromatic heterocycles. The molecule has 1 aromatic rings. The summed E-state index contributed by atoms with van der Waals surface area (Å²) in [4.78, 5) is 10.8. The smallest absolute Gasteiger partial charge is 0.148 e. The maximum absolute atomic E-state index is 5.43. The molecule has 0 aromatic carbocycles. The lowest BCUT2D eigenvalue weighted by Gasteiger charge is -2.21. The number of thioether (sulfide) groups is 1. The molecule has 90 valence electrons. The highest BCUT2D eigenvalue weighted by Gasteiger charge is 2.11. The molecule has 0 atom stereocenters. The molecule has 0 aliphatic carbocycles. The van der Waals surface area contributed by atoms with Crippen LogP contribution in [0, 0.1) is 13.8 Å². The first kappa shape index (κ1) is 13.1. The van der Waals surface area contributed by atoms with E-state index in [1.807, 2.05) is 32.7 Å². The second kappa shape index (κ2) is 5.91. The minimum atomic E-state index is 0.693. The summed E-state index contributed by atoms with van der Waals surface area (Å²) in [6.45, 7) is 4.80. The number of anilines is 2. The number of aryl methyl sites for hydroxylation is 1. The highest BCUT2D eigenvalue weighted by Crippen LogP contribution is 2.21. The van der Waals surface area contributed by atoms with E-state index in [9.17, 15) is 0 Å². The normalized spacial score (nSPS) is 10.3. The van der Waals surface area contributed by atoms with Crippen LogP contribution in [0.25, 0.3) is 0 Å². The van der Waals surface area contributed by atoms with Gasteiger partial charge in [0.25, 0.3) is 0 Å². The average Bonchev–Trinajstić information content (AvgIpc) is 2.28. The van der Waals surface area contributed by atoms with Crippen LogP contribution in [-0.4, -0.2) is 35.6 Å². The van der Waals surface area contributed by atoms with Gasteiger partial charge in [0.15, 0.2) is 0 Å². The fourth-order valence-corrected chi connectivity index (χ4v) is 1.92. The van der Waals surface area contributed by atoms with Crippen molar-refractivity contribution in [2.75, 3.05) is 35.9 Å². The molecule has 0 saturated carbocycles. The van der Waals surface area contributed by atoms with Crippen LogP contribution < -0.4 is 16.2 Å². The van der Waals surface area contributed by atoms with Crippen molar-refractivity contribution in [2.24, 2.45) is 5.84 Å². The Hall–Kier alpha value is -1.01. The molecule has 0 radical (unpaired) electrons. The zero-order chi connectivity index (χ0) is 12.1. The number of nitrogen functional groups attached to an aromatic ring is 1. The topological polar surface area (TPSA) is 67.1 Å². The third-order valence-electron chi connectivity index (χ3n) is 2.36. The lowest BCUT2D eigenvalue weighted by atomic mass is 10.3. The van der Waals surface area contributed by atoms with E-state index in [4.69, 9.17) is 5.84 Å². The summed E-state index contributed by atoms with van der Waals surface area (Å²) in [5.74, 6) is 8.86. The Morgan fingerprint density at radius 2 is 2.06 bits per heavy atom. The fourth-order valence-electron chi connectivity index (χ4n) is 1.46. The van der Waals surface area contributed by atoms with Crippen molar-refractivity contribution in [3.63, 3.8) is 0 Å². The van der Waals surface area contributed by atoms with Gasteiger partial charge in [-0.2, -0.15) is 11.8 Å². The summed E-state index contributed by atoms with van der Waals surface area (Å²) >= 11 is 1.82. The van der Waals surface area contributed by atoms with E-state index in [0.717, 1.165) is 29.5 Å². The van der Waals surface area contributed by atoms with Gasteiger partial charge in [-0.1, -0.05) is 0 Å². The minimum Gasteiger partial charge on any atom is -0.358 e. The first-order chi connectivity index (χ1) is 7.60. The largest absolute Gasteiger partial charge is 0.358 e. The molecule has 3 N–H and O–H groups in total. The highest BCUT2D eigenvalue weighted by atomic mass is 32.2. The van der Waals surface area contributed by atoms with E-state index in [-0.39, 0.29) is 0 Å². The van der Waals surface area contributed by atoms with Crippen LogP contribution in [0.5, 0.6) is 0 Å². The fraction of sp³-hybridized carbons (Fsp3) is 0.600. The number of nitrogens with two attached hydrogens (primary N) is 1. The lowest BCUT2D eigenvalue weighted by molar-refractivity contribution is 0.905. The molecule has 0 bridgehead atoms. The Morgan fingerprint density at radius 1 is 1.38 bits per heavy atom. The second-order valence-electron chi connectivity index (χ2n) is 3.63. The monoisotopic (exact) mass is 241 g/mol. The average molecular weight is 241 g/mol. The Balaban J connectivity index is 2.98. The van der Waals surface area contributed by atoms with E-state index in [0.29, 0.717) is 5.82 Å². The van der Waals surface area contributed by atoms with Crippen molar-refractivity contribution in [3.05, 3.63) is 11.4 Å². The Bertz CT molecular complexity index is 355. The zero-order valence-electron chi connectivity index (χ0n) is 10.2.